The van der Waals surface area contributed by atoms with E-state index in [4.69, 9.17) is 5.11 Å². The average molecular weight is 718 g/mol. The summed E-state index contributed by atoms with van der Waals surface area (Å²) in [4.78, 5) is 42.5. The Hall–Kier alpha value is -4.23. The zero-order valence-corrected chi connectivity index (χ0v) is 26.2. The Morgan fingerprint density at radius 2 is 1.74 bits per heavy atom. The number of rotatable bonds is 9. The number of benzene rings is 3. The second kappa shape index (κ2) is 14.9. The van der Waals surface area contributed by atoms with Crippen LogP contribution in [0.2, 0.25) is 0 Å². The molecule has 0 saturated heterocycles. The molecular weight excluding hydrogens is 685 g/mol. The molecule has 1 aliphatic rings. The van der Waals surface area contributed by atoms with E-state index >= 15 is 0 Å². The summed E-state index contributed by atoms with van der Waals surface area (Å²) >= 11 is 4.04. The number of carbonyl (C=O) groups excluding carboxylic acids is 2. The topological polar surface area (TPSA) is 112 Å². The van der Waals surface area contributed by atoms with Crippen molar-refractivity contribution in [3.05, 3.63) is 93.5 Å². The number of aliphatic carboxylic acids is 1. The van der Waals surface area contributed by atoms with Gasteiger partial charge in [-0.15, -0.1) is 0 Å². The Morgan fingerprint density at radius 3 is 2.37 bits per heavy atom. The third kappa shape index (κ3) is 8.52. The lowest BCUT2D eigenvalue weighted by molar-refractivity contribution is -0.138. The number of carbonyl (C=O) groups is 3. The van der Waals surface area contributed by atoms with Crippen LogP contribution in [0.1, 0.15) is 66.6 Å². The van der Waals surface area contributed by atoms with Crippen LogP contribution in [0.5, 0.6) is 0 Å². The van der Waals surface area contributed by atoms with Gasteiger partial charge in [0.05, 0.1) is 28.7 Å². The third-order valence-corrected chi connectivity index (χ3v) is 8.85. The number of halogens is 4. The minimum atomic E-state index is -4.56. The highest BCUT2D eigenvalue weighted by molar-refractivity contribution is 9.10. The molecule has 0 atom stereocenters. The van der Waals surface area contributed by atoms with Gasteiger partial charge in [-0.3, -0.25) is 19.8 Å². The summed E-state index contributed by atoms with van der Waals surface area (Å²) in [5.41, 5.74) is 3.23. The van der Waals surface area contributed by atoms with Gasteiger partial charge in [0.25, 0.3) is 5.91 Å². The number of alkyl halides is 3. The van der Waals surface area contributed by atoms with Crippen LogP contribution in [0, 0.1) is 0 Å². The highest BCUT2D eigenvalue weighted by atomic mass is 79.9. The van der Waals surface area contributed by atoms with Crippen LogP contribution in [0.15, 0.2) is 71.2 Å². The first-order valence-corrected chi connectivity index (χ1v) is 15.7. The minimum Gasteiger partial charge on any atom is -0.481 e. The Labute approximate surface area is 276 Å². The predicted molar refractivity (Wildman–Crippen MR) is 178 cm³/mol. The number of thiazole rings is 1. The molecule has 13 heteroatoms. The monoisotopic (exact) mass is 716 g/mol. The fourth-order valence-corrected chi connectivity index (χ4v) is 6.54. The summed E-state index contributed by atoms with van der Waals surface area (Å²) in [6.45, 7) is 0.112. The standard InChI is InChI=1S/C32H28BrF3N4O4S.CH4/c33-25-17-27-26(16-24(25)32(34,35)36)38-30(45-27)39-31(44)40(23-12-10-21(11-13-23)20-4-2-1-3-5-20)18-19-6-8-22(9-7-19)29(43)37-15-14-28(41)42;/h4,6-13,16-17H,1-3,5,14-15,18H2,(H,37,43)(H,41,42)(H,38,39,44);1H4. The number of urea groups is 1. The molecule has 0 spiro atoms. The summed E-state index contributed by atoms with van der Waals surface area (Å²) in [7, 11) is 0. The maximum absolute atomic E-state index is 13.7. The van der Waals surface area contributed by atoms with Crippen LogP contribution in [0.4, 0.5) is 28.8 Å². The summed E-state index contributed by atoms with van der Waals surface area (Å²) in [6.07, 6.45) is 1.78. The summed E-state index contributed by atoms with van der Waals surface area (Å²) in [6, 6.07) is 15.9. The number of fused-ring (bicyclic) bond motifs is 1. The molecule has 1 heterocycles. The van der Waals surface area contributed by atoms with Crippen molar-refractivity contribution in [1.82, 2.24) is 10.3 Å². The third-order valence-electron chi connectivity index (χ3n) is 7.26. The summed E-state index contributed by atoms with van der Waals surface area (Å²) in [5.74, 6) is -1.43. The number of carboxylic acid groups (broad SMARTS) is 1. The van der Waals surface area contributed by atoms with Gasteiger partial charge in [-0.05, 0) is 78.8 Å². The molecule has 3 N–H and O–H groups in total. The lowest BCUT2D eigenvalue weighted by Crippen LogP contribution is -2.34. The van der Waals surface area contributed by atoms with Crippen molar-refractivity contribution in [2.45, 2.75) is 52.3 Å². The highest BCUT2D eigenvalue weighted by Gasteiger charge is 2.33. The van der Waals surface area contributed by atoms with Crippen LogP contribution < -0.4 is 15.5 Å². The van der Waals surface area contributed by atoms with E-state index in [0.717, 1.165) is 42.2 Å². The van der Waals surface area contributed by atoms with Crippen molar-refractivity contribution in [2.24, 2.45) is 0 Å². The molecule has 0 radical (unpaired) electrons. The number of nitrogens with zero attached hydrogens (tertiary/aromatic N) is 2. The Morgan fingerprint density at radius 1 is 1.02 bits per heavy atom. The number of allylic oxidation sites excluding steroid dienone is 2. The zero-order valence-electron chi connectivity index (χ0n) is 23.8. The van der Waals surface area contributed by atoms with Crippen molar-refractivity contribution in [2.75, 3.05) is 16.8 Å². The van der Waals surface area contributed by atoms with Gasteiger partial charge in [0.2, 0.25) is 0 Å². The molecule has 242 valence electrons. The second-order valence-corrected chi connectivity index (χ2v) is 12.3. The molecule has 46 heavy (non-hydrogen) atoms. The largest absolute Gasteiger partial charge is 0.481 e. The molecule has 0 unspecified atom stereocenters. The van der Waals surface area contributed by atoms with Crippen molar-refractivity contribution >= 4 is 71.8 Å². The highest BCUT2D eigenvalue weighted by Crippen LogP contribution is 2.39. The predicted octanol–water partition coefficient (Wildman–Crippen LogP) is 9.11. The van der Waals surface area contributed by atoms with Crippen LogP contribution in [-0.4, -0.2) is 34.5 Å². The van der Waals surface area contributed by atoms with Gasteiger partial charge in [-0.1, -0.05) is 65.0 Å². The summed E-state index contributed by atoms with van der Waals surface area (Å²) in [5, 5.41) is 14.2. The van der Waals surface area contributed by atoms with Gasteiger partial charge in [-0.2, -0.15) is 13.2 Å². The van der Waals surface area contributed by atoms with Gasteiger partial charge < -0.3 is 10.4 Å². The van der Waals surface area contributed by atoms with Crippen molar-refractivity contribution < 1.29 is 32.7 Å². The maximum atomic E-state index is 13.7. The Bertz CT molecular complexity index is 1760. The maximum Gasteiger partial charge on any atom is 0.417 e. The lowest BCUT2D eigenvalue weighted by Gasteiger charge is -2.23. The van der Waals surface area contributed by atoms with E-state index in [2.05, 4.69) is 37.6 Å². The molecule has 0 aliphatic heterocycles. The van der Waals surface area contributed by atoms with Gasteiger partial charge in [0.15, 0.2) is 5.13 Å². The first-order valence-electron chi connectivity index (χ1n) is 14.1. The summed E-state index contributed by atoms with van der Waals surface area (Å²) < 4.78 is 40.6. The van der Waals surface area contributed by atoms with Crippen molar-refractivity contribution in [3.8, 4) is 0 Å². The van der Waals surface area contributed by atoms with E-state index in [1.165, 1.54) is 23.0 Å². The van der Waals surface area contributed by atoms with E-state index in [1.807, 2.05) is 24.3 Å². The molecule has 0 fully saturated rings. The van der Waals surface area contributed by atoms with E-state index in [0.29, 0.717) is 21.5 Å². The molecule has 1 aliphatic carbocycles. The molecule has 8 nitrogen and oxygen atoms in total. The quantitative estimate of drug-likeness (QED) is 0.160. The second-order valence-electron chi connectivity index (χ2n) is 10.5. The molecule has 5 rings (SSSR count). The average Bonchev–Trinajstić information content (AvgIpc) is 3.40. The fraction of sp³-hybridized carbons (Fsp3) is 0.273. The number of hydrogen-bond donors (Lipinski definition) is 3. The van der Waals surface area contributed by atoms with E-state index in [9.17, 15) is 27.6 Å². The number of anilines is 2. The van der Waals surface area contributed by atoms with E-state index in [1.54, 1.807) is 24.3 Å². The molecule has 3 amide bonds. The molecular formula is C33H32BrF3N4O4S. The minimum absolute atomic E-state index is 0. The van der Waals surface area contributed by atoms with Gasteiger partial charge in [0, 0.05) is 22.3 Å². The molecule has 0 saturated carbocycles. The molecule has 1 aromatic heterocycles. The van der Waals surface area contributed by atoms with E-state index < -0.39 is 29.6 Å². The van der Waals surface area contributed by atoms with Gasteiger partial charge in [-0.25, -0.2) is 9.78 Å². The van der Waals surface area contributed by atoms with E-state index in [-0.39, 0.29) is 42.1 Å². The van der Waals surface area contributed by atoms with Gasteiger partial charge >= 0.3 is 18.2 Å². The van der Waals surface area contributed by atoms with Crippen LogP contribution in [0.3, 0.4) is 0 Å². The molecule has 4 aromatic rings. The van der Waals surface area contributed by atoms with Crippen LogP contribution >= 0.6 is 27.3 Å². The zero-order chi connectivity index (χ0) is 32.1. The number of nitrogens with one attached hydrogen (secondary N) is 2. The van der Waals surface area contributed by atoms with Gasteiger partial charge in [0.1, 0.15) is 0 Å². The molecule has 3 aromatic carbocycles. The fourth-order valence-electron chi connectivity index (χ4n) is 4.94. The van der Waals surface area contributed by atoms with Crippen LogP contribution in [0.25, 0.3) is 15.8 Å². The number of carboxylic acids is 1. The first-order chi connectivity index (χ1) is 21.5. The Kier molecular flexibility index (Phi) is 11.2. The smallest absolute Gasteiger partial charge is 0.417 e. The first kappa shape index (κ1) is 34.6. The SMILES string of the molecule is C.O=C(O)CCNC(=O)c1ccc(CN(C(=O)Nc2nc3cc(C(F)(F)F)c(Br)cc3s2)c2ccc(C3=CCCCC3)cc2)cc1. The number of hydrogen-bond acceptors (Lipinski definition) is 5. The number of aromatic nitrogens is 1. The van der Waals surface area contributed by atoms with Crippen molar-refractivity contribution in [3.63, 3.8) is 0 Å². The molecule has 0 bridgehead atoms. The van der Waals surface area contributed by atoms with Crippen LogP contribution in [-0.2, 0) is 17.5 Å². The van der Waals surface area contributed by atoms with Crippen molar-refractivity contribution in [1.29, 1.82) is 0 Å². The normalized spacial score (nSPS) is 13.0. The Balaban J connectivity index is 0.00000480. The lowest BCUT2D eigenvalue weighted by atomic mass is 9.93. The number of amides is 3.